The number of rotatable bonds is 6. The van der Waals surface area contributed by atoms with Crippen molar-refractivity contribution in [3.63, 3.8) is 0 Å². The zero-order valence-corrected chi connectivity index (χ0v) is 13.9. The molecular formula is C15H27N5O. The number of carbonyl (C=O) groups is 1. The molecule has 1 heterocycles. The Balaban J connectivity index is 2.74. The maximum Gasteiger partial charge on any atom is 0.239 e. The summed E-state index contributed by atoms with van der Waals surface area (Å²) in [6, 6.07) is 0. The first-order valence-corrected chi connectivity index (χ1v) is 7.37. The Labute approximate surface area is 127 Å². The molecule has 1 aromatic heterocycles. The first-order chi connectivity index (χ1) is 9.73. The van der Waals surface area contributed by atoms with Gasteiger partial charge < -0.3 is 16.0 Å². The molecule has 1 aromatic rings. The maximum atomic E-state index is 11.9. The van der Waals surface area contributed by atoms with E-state index >= 15 is 0 Å². The molecule has 0 unspecified atom stereocenters. The highest BCUT2D eigenvalue weighted by Crippen LogP contribution is 2.19. The van der Waals surface area contributed by atoms with Gasteiger partial charge in [-0.15, -0.1) is 0 Å². The van der Waals surface area contributed by atoms with E-state index in [0.29, 0.717) is 11.6 Å². The second kappa shape index (κ2) is 7.24. The Hall–Kier alpha value is -1.85. The highest BCUT2D eigenvalue weighted by molar-refractivity contribution is 5.81. The lowest BCUT2D eigenvalue weighted by molar-refractivity contribution is -0.120. The van der Waals surface area contributed by atoms with Crippen LogP contribution in [0.15, 0.2) is 0 Å². The molecule has 118 valence electrons. The van der Waals surface area contributed by atoms with Crippen molar-refractivity contribution in [1.29, 1.82) is 0 Å². The van der Waals surface area contributed by atoms with E-state index in [1.54, 1.807) is 0 Å². The molecule has 0 saturated heterocycles. The first-order valence-electron chi connectivity index (χ1n) is 7.37. The van der Waals surface area contributed by atoms with Gasteiger partial charge in [-0.05, 0) is 41.0 Å². The van der Waals surface area contributed by atoms with Gasteiger partial charge in [0.1, 0.15) is 17.5 Å². The largest absolute Gasteiger partial charge is 0.370 e. The molecule has 0 aliphatic rings. The summed E-state index contributed by atoms with van der Waals surface area (Å²) >= 11 is 0. The standard InChI is InChI=1S/C15H27N5O/c1-7-8-16-13-10(2)14(19-11(3)18-13)17-9-12(21)20-15(4,5)6/h7-9H2,1-6H3,(H,20,21)(H2,16,17,18,19). The molecule has 0 bridgehead atoms. The van der Waals surface area contributed by atoms with E-state index in [1.807, 2.05) is 34.6 Å². The van der Waals surface area contributed by atoms with E-state index in [1.165, 1.54) is 0 Å². The predicted molar refractivity (Wildman–Crippen MR) is 86.7 cm³/mol. The van der Waals surface area contributed by atoms with Crippen molar-refractivity contribution in [2.75, 3.05) is 23.7 Å². The van der Waals surface area contributed by atoms with Crippen molar-refractivity contribution in [1.82, 2.24) is 15.3 Å². The van der Waals surface area contributed by atoms with Gasteiger partial charge in [0.2, 0.25) is 5.91 Å². The first kappa shape index (κ1) is 17.2. The van der Waals surface area contributed by atoms with Crippen molar-refractivity contribution >= 4 is 17.5 Å². The quantitative estimate of drug-likeness (QED) is 0.749. The van der Waals surface area contributed by atoms with Crippen molar-refractivity contribution in [3.05, 3.63) is 11.4 Å². The third-order valence-electron chi connectivity index (χ3n) is 2.73. The van der Waals surface area contributed by atoms with Crippen LogP contribution >= 0.6 is 0 Å². The Morgan fingerprint density at radius 3 is 2.19 bits per heavy atom. The van der Waals surface area contributed by atoms with E-state index in [2.05, 4.69) is 32.8 Å². The van der Waals surface area contributed by atoms with Crippen molar-refractivity contribution in [2.45, 2.75) is 53.5 Å². The second-order valence-electron chi connectivity index (χ2n) is 6.17. The molecule has 0 aromatic carbocycles. The van der Waals surface area contributed by atoms with Crippen molar-refractivity contribution in [2.24, 2.45) is 0 Å². The minimum absolute atomic E-state index is 0.0544. The molecule has 0 fully saturated rings. The lowest BCUT2D eigenvalue weighted by Crippen LogP contribution is -2.43. The van der Waals surface area contributed by atoms with E-state index in [-0.39, 0.29) is 18.0 Å². The molecule has 1 rings (SSSR count). The number of aryl methyl sites for hydroxylation is 1. The number of nitrogens with zero attached hydrogens (tertiary/aromatic N) is 2. The summed E-state index contributed by atoms with van der Waals surface area (Å²) in [5.74, 6) is 2.15. The third kappa shape index (κ3) is 5.97. The summed E-state index contributed by atoms with van der Waals surface area (Å²) in [4.78, 5) is 20.6. The van der Waals surface area contributed by atoms with Crippen LogP contribution in [-0.2, 0) is 4.79 Å². The number of nitrogens with one attached hydrogen (secondary N) is 3. The van der Waals surface area contributed by atoms with Crippen LogP contribution in [0.25, 0.3) is 0 Å². The molecule has 0 atom stereocenters. The third-order valence-corrected chi connectivity index (χ3v) is 2.73. The molecule has 0 aliphatic heterocycles. The zero-order chi connectivity index (χ0) is 16.0. The van der Waals surface area contributed by atoms with Crippen LogP contribution in [0.3, 0.4) is 0 Å². The molecule has 0 saturated carbocycles. The highest BCUT2D eigenvalue weighted by Gasteiger charge is 2.14. The molecule has 0 radical (unpaired) electrons. The summed E-state index contributed by atoms with van der Waals surface area (Å²) in [6.07, 6.45) is 1.03. The van der Waals surface area contributed by atoms with Gasteiger partial charge in [0.25, 0.3) is 0 Å². The second-order valence-corrected chi connectivity index (χ2v) is 6.17. The normalized spacial score (nSPS) is 11.1. The fraction of sp³-hybridized carbons (Fsp3) is 0.667. The van der Waals surface area contributed by atoms with E-state index < -0.39 is 0 Å². The number of hydrogen-bond donors (Lipinski definition) is 3. The molecular weight excluding hydrogens is 266 g/mol. The minimum Gasteiger partial charge on any atom is -0.370 e. The predicted octanol–water partition coefficient (Wildman–Crippen LogP) is 2.24. The van der Waals surface area contributed by atoms with E-state index in [0.717, 1.165) is 24.3 Å². The fourth-order valence-corrected chi connectivity index (χ4v) is 1.84. The summed E-state index contributed by atoms with van der Waals surface area (Å²) < 4.78 is 0. The van der Waals surface area contributed by atoms with E-state index in [9.17, 15) is 4.79 Å². The van der Waals surface area contributed by atoms with Crippen LogP contribution in [0, 0.1) is 13.8 Å². The molecule has 0 spiro atoms. The Bertz CT molecular complexity index is 494. The molecule has 1 amide bonds. The average molecular weight is 293 g/mol. The average Bonchev–Trinajstić information content (AvgIpc) is 2.35. The number of aromatic nitrogens is 2. The van der Waals surface area contributed by atoms with Gasteiger partial charge in [0, 0.05) is 17.6 Å². The number of hydrogen-bond acceptors (Lipinski definition) is 5. The smallest absolute Gasteiger partial charge is 0.239 e. The van der Waals surface area contributed by atoms with Crippen LogP contribution in [0.4, 0.5) is 11.6 Å². The number of amides is 1. The van der Waals surface area contributed by atoms with Gasteiger partial charge in [-0.3, -0.25) is 4.79 Å². The molecule has 3 N–H and O–H groups in total. The number of carbonyl (C=O) groups excluding carboxylic acids is 1. The van der Waals surface area contributed by atoms with Gasteiger partial charge in [-0.2, -0.15) is 0 Å². The molecule has 6 heteroatoms. The topological polar surface area (TPSA) is 78.9 Å². The molecule has 6 nitrogen and oxygen atoms in total. The van der Waals surface area contributed by atoms with Gasteiger partial charge in [-0.25, -0.2) is 9.97 Å². The lowest BCUT2D eigenvalue weighted by Gasteiger charge is -2.21. The van der Waals surface area contributed by atoms with Crippen LogP contribution in [-0.4, -0.2) is 34.5 Å². The summed E-state index contributed by atoms with van der Waals surface area (Å²) in [5.41, 5.74) is 0.695. The molecule has 21 heavy (non-hydrogen) atoms. The summed E-state index contributed by atoms with van der Waals surface area (Å²) in [6.45, 7) is 12.8. The monoisotopic (exact) mass is 293 g/mol. The lowest BCUT2D eigenvalue weighted by atomic mass is 10.1. The van der Waals surface area contributed by atoms with Gasteiger partial charge in [0.15, 0.2) is 0 Å². The Morgan fingerprint density at radius 1 is 1.10 bits per heavy atom. The SMILES string of the molecule is CCCNc1nc(C)nc(NCC(=O)NC(C)(C)C)c1C. The number of anilines is 2. The van der Waals surface area contributed by atoms with Crippen LogP contribution in [0.2, 0.25) is 0 Å². The minimum atomic E-state index is -0.233. The fourth-order valence-electron chi connectivity index (χ4n) is 1.84. The van der Waals surface area contributed by atoms with Crippen LogP contribution < -0.4 is 16.0 Å². The van der Waals surface area contributed by atoms with Crippen LogP contribution in [0.5, 0.6) is 0 Å². The van der Waals surface area contributed by atoms with Gasteiger partial charge in [0.05, 0.1) is 6.54 Å². The zero-order valence-electron chi connectivity index (χ0n) is 13.9. The van der Waals surface area contributed by atoms with Crippen molar-refractivity contribution in [3.8, 4) is 0 Å². The van der Waals surface area contributed by atoms with Crippen LogP contribution in [0.1, 0.15) is 45.5 Å². The Morgan fingerprint density at radius 2 is 1.67 bits per heavy atom. The van der Waals surface area contributed by atoms with Gasteiger partial charge >= 0.3 is 0 Å². The molecule has 0 aliphatic carbocycles. The maximum absolute atomic E-state index is 11.9. The van der Waals surface area contributed by atoms with E-state index in [4.69, 9.17) is 0 Å². The highest BCUT2D eigenvalue weighted by atomic mass is 16.2. The van der Waals surface area contributed by atoms with Gasteiger partial charge in [-0.1, -0.05) is 6.92 Å². The summed E-state index contributed by atoms with van der Waals surface area (Å²) in [7, 11) is 0. The Kier molecular flexibility index (Phi) is 5.93. The van der Waals surface area contributed by atoms with Crippen molar-refractivity contribution < 1.29 is 4.79 Å². The summed E-state index contributed by atoms with van der Waals surface area (Å²) in [5, 5.41) is 9.28.